The van der Waals surface area contributed by atoms with Crippen molar-refractivity contribution in [1.29, 1.82) is 0 Å². The van der Waals surface area contributed by atoms with Crippen LogP contribution in [0, 0.1) is 11.7 Å². The SMILES string of the molecule is COCc1c(C(=O)NC(C)(CN)C(C)C)sc2cccc(F)c12. The first-order valence-corrected chi connectivity index (χ1v) is 8.37. The Labute approximate surface area is 139 Å². The van der Waals surface area contributed by atoms with Gasteiger partial charge >= 0.3 is 0 Å². The van der Waals surface area contributed by atoms with Crippen LogP contribution in [0.2, 0.25) is 0 Å². The Hall–Kier alpha value is -1.50. The molecule has 4 nitrogen and oxygen atoms in total. The van der Waals surface area contributed by atoms with Crippen LogP contribution in [0.15, 0.2) is 18.2 Å². The standard InChI is InChI=1S/C17H23FN2O2S/c1-10(2)17(3,9-19)20-16(21)15-11(8-22-4)14-12(18)6-5-7-13(14)23-15/h5-7,10H,8-9,19H2,1-4H3,(H,20,21). The quantitative estimate of drug-likeness (QED) is 0.849. The molecular weight excluding hydrogens is 315 g/mol. The number of hydrogen-bond donors (Lipinski definition) is 2. The molecule has 126 valence electrons. The highest BCUT2D eigenvalue weighted by molar-refractivity contribution is 7.21. The summed E-state index contributed by atoms with van der Waals surface area (Å²) in [5.41, 5.74) is 5.91. The predicted molar refractivity (Wildman–Crippen MR) is 92.3 cm³/mol. The number of hydrogen-bond acceptors (Lipinski definition) is 4. The lowest BCUT2D eigenvalue weighted by Crippen LogP contribution is -2.55. The Bertz CT molecular complexity index is 714. The van der Waals surface area contributed by atoms with Gasteiger partial charge in [-0.3, -0.25) is 4.79 Å². The van der Waals surface area contributed by atoms with Gasteiger partial charge in [0.2, 0.25) is 0 Å². The van der Waals surface area contributed by atoms with Crippen LogP contribution in [0.4, 0.5) is 4.39 Å². The third kappa shape index (κ3) is 3.39. The smallest absolute Gasteiger partial charge is 0.262 e. The van der Waals surface area contributed by atoms with E-state index in [1.54, 1.807) is 6.07 Å². The Balaban J connectivity index is 2.48. The van der Waals surface area contributed by atoms with Gasteiger partial charge in [0, 0.05) is 29.3 Å². The van der Waals surface area contributed by atoms with E-state index in [1.165, 1.54) is 24.5 Å². The number of carbonyl (C=O) groups is 1. The predicted octanol–water partition coefficient (Wildman–Crippen LogP) is 3.29. The average molecular weight is 338 g/mol. The number of benzene rings is 1. The number of fused-ring (bicyclic) bond motifs is 1. The van der Waals surface area contributed by atoms with E-state index in [0.717, 1.165) is 4.70 Å². The highest BCUT2D eigenvalue weighted by atomic mass is 32.1. The molecule has 0 saturated heterocycles. The molecule has 0 bridgehead atoms. The fourth-order valence-corrected chi connectivity index (χ4v) is 3.50. The number of carbonyl (C=O) groups excluding carboxylic acids is 1. The summed E-state index contributed by atoms with van der Waals surface area (Å²) >= 11 is 1.28. The molecule has 2 aromatic rings. The molecule has 0 fully saturated rings. The summed E-state index contributed by atoms with van der Waals surface area (Å²) in [7, 11) is 1.53. The number of nitrogens with two attached hydrogens (primary N) is 1. The fraction of sp³-hybridized carbons (Fsp3) is 0.471. The van der Waals surface area contributed by atoms with Gasteiger partial charge in [-0.2, -0.15) is 0 Å². The van der Waals surface area contributed by atoms with E-state index in [2.05, 4.69) is 5.32 Å². The second kappa shape index (κ2) is 6.95. The van der Waals surface area contributed by atoms with Crippen molar-refractivity contribution in [2.24, 2.45) is 11.7 Å². The molecule has 3 N–H and O–H groups in total. The van der Waals surface area contributed by atoms with Gasteiger partial charge in [-0.25, -0.2) is 4.39 Å². The Morgan fingerprint density at radius 3 is 2.74 bits per heavy atom. The molecule has 0 aliphatic carbocycles. The van der Waals surface area contributed by atoms with Gasteiger partial charge in [0.1, 0.15) is 5.82 Å². The Morgan fingerprint density at radius 2 is 2.17 bits per heavy atom. The van der Waals surface area contributed by atoms with Crippen LogP contribution in [-0.2, 0) is 11.3 Å². The minimum Gasteiger partial charge on any atom is -0.380 e. The molecule has 1 unspecified atom stereocenters. The minimum absolute atomic E-state index is 0.174. The van der Waals surface area contributed by atoms with E-state index in [1.807, 2.05) is 26.8 Å². The topological polar surface area (TPSA) is 64.3 Å². The lowest BCUT2D eigenvalue weighted by molar-refractivity contribution is 0.0883. The van der Waals surface area contributed by atoms with Gasteiger partial charge in [0.25, 0.3) is 5.91 Å². The Kier molecular flexibility index (Phi) is 5.39. The molecule has 1 atom stereocenters. The van der Waals surface area contributed by atoms with Crippen molar-refractivity contribution < 1.29 is 13.9 Å². The molecule has 1 amide bonds. The van der Waals surface area contributed by atoms with Crippen molar-refractivity contribution in [2.45, 2.75) is 32.9 Å². The van der Waals surface area contributed by atoms with Gasteiger partial charge in [-0.1, -0.05) is 19.9 Å². The molecule has 1 heterocycles. The number of methoxy groups -OCH3 is 1. The van der Waals surface area contributed by atoms with Gasteiger partial charge in [-0.05, 0) is 25.0 Å². The summed E-state index contributed by atoms with van der Waals surface area (Å²) in [5.74, 6) is -0.400. The number of halogens is 1. The van der Waals surface area contributed by atoms with Crippen molar-refractivity contribution in [3.05, 3.63) is 34.5 Å². The summed E-state index contributed by atoms with van der Waals surface area (Å²) in [6, 6.07) is 4.85. The van der Waals surface area contributed by atoms with Gasteiger partial charge in [0.05, 0.1) is 17.0 Å². The number of ether oxygens (including phenoxy) is 1. The number of thiophene rings is 1. The van der Waals surface area contributed by atoms with Crippen molar-refractivity contribution in [3.8, 4) is 0 Å². The van der Waals surface area contributed by atoms with E-state index in [0.29, 0.717) is 22.4 Å². The van der Waals surface area contributed by atoms with E-state index < -0.39 is 5.54 Å². The van der Waals surface area contributed by atoms with Crippen molar-refractivity contribution in [1.82, 2.24) is 5.32 Å². The van der Waals surface area contributed by atoms with Crippen LogP contribution >= 0.6 is 11.3 Å². The zero-order chi connectivity index (χ0) is 17.2. The normalized spacial score (nSPS) is 14.2. The summed E-state index contributed by atoms with van der Waals surface area (Å²) < 4.78 is 20.1. The zero-order valence-electron chi connectivity index (χ0n) is 13.9. The number of rotatable bonds is 6. The molecule has 0 aliphatic rings. The molecule has 1 aromatic heterocycles. The Morgan fingerprint density at radius 1 is 1.48 bits per heavy atom. The largest absolute Gasteiger partial charge is 0.380 e. The van der Waals surface area contributed by atoms with Crippen LogP contribution in [0.25, 0.3) is 10.1 Å². The molecule has 1 aromatic carbocycles. The average Bonchev–Trinajstić information content (AvgIpc) is 2.87. The highest BCUT2D eigenvalue weighted by Gasteiger charge is 2.31. The van der Waals surface area contributed by atoms with Crippen LogP contribution in [0.3, 0.4) is 0 Å². The summed E-state index contributed by atoms with van der Waals surface area (Å²) in [4.78, 5) is 13.2. The zero-order valence-corrected chi connectivity index (χ0v) is 14.7. The lowest BCUT2D eigenvalue weighted by Gasteiger charge is -2.33. The first-order valence-electron chi connectivity index (χ1n) is 7.55. The maximum Gasteiger partial charge on any atom is 0.262 e. The monoisotopic (exact) mass is 338 g/mol. The molecule has 2 rings (SSSR count). The van der Waals surface area contributed by atoms with Gasteiger partial charge < -0.3 is 15.8 Å². The van der Waals surface area contributed by atoms with Crippen LogP contribution in [0.5, 0.6) is 0 Å². The summed E-state index contributed by atoms with van der Waals surface area (Å²) in [6.07, 6.45) is 0. The maximum absolute atomic E-state index is 14.2. The molecular formula is C17H23FN2O2S. The third-order valence-corrected chi connectivity index (χ3v) is 5.55. The molecule has 0 aliphatic heterocycles. The first kappa shape index (κ1) is 17.8. The van der Waals surface area contributed by atoms with Crippen molar-refractivity contribution >= 4 is 27.3 Å². The summed E-state index contributed by atoms with van der Waals surface area (Å²) in [5, 5.41) is 3.47. The van der Waals surface area contributed by atoms with Gasteiger partial charge in [-0.15, -0.1) is 11.3 Å². The minimum atomic E-state index is -0.518. The second-order valence-corrected chi connectivity index (χ2v) is 7.24. The molecule has 0 spiro atoms. The van der Waals surface area contributed by atoms with E-state index in [-0.39, 0.29) is 24.2 Å². The van der Waals surface area contributed by atoms with Gasteiger partial charge in [0.15, 0.2) is 0 Å². The van der Waals surface area contributed by atoms with E-state index in [4.69, 9.17) is 10.5 Å². The van der Waals surface area contributed by atoms with Crippen molar-refractivity contribution in [3.63, 3.8) is 0 Å². The molecule has 0 radical (unpaired) electrons. The highest BCUT2D eigenvalue weighted by Crippen LogP contribution is 2.34. The number of amides is 1. The van der Waals surface area contributed by atoms with Crippen LogP contribution < -0.4 is 11.1 Å². The summed E-state index contributed by atoms with van der Waals surface area (Å²) in [6.45, 7) is 6.45. The molecule has 6 heteroatoms. The van der Waals surface area contributed by atoms with E-state index >= 15 is 0 Å². The maximum atomic E-state index is 14.2. The van der Waals surface area contributed by atoms with Crippen LogP contribution in [-0.4, -0.2) is 25.1 Å². The molecule has 23 heavy (non-hydrogen) atoms. The van der Waals surface area contributed by atoms with Crippen LogP contribution in [0.1, 0.15) is 36.0 Å². The third-order valence-electron chi connectivity index (χ3n) is 4.36. The van der Waals surface area contributed by atoms with E-state index in [9.17, 15) is 9.18 Å². The molecule has 0 saturated carbocycles. The van der Waals surface area contributed by atoms with Crippen molar-refractivity contribution in [2.75, 3.05) is 13.7 Å². The lowest BCUT2D eigenvalue weighted by atomic mass is 9.88. The first-order chi connectivity index (χ1) is 10.8. The second-order valence-electron chi connectivity index (χ2n) is 6.19. The fourth-order valence-electron chi connectivity index (χ4n) is 2.38. The number of nitrogens with one attached hydrogen (secondary N) is 1.